The number of hydrogen-bond donors (Lipinski definition) is 0. The molecule has 0 radical (unpaired) electrons. The van der Waals surface area contributed by atoms with Crippen molar-refractivity contribution in [2.45, 2.75) is 39.7 Å². The molecule has 1 heterocycles. The maximum atomic E-state index is 12.0. The van der Waals surface area contributed by atoms with Gasteiger partial charge in [0, 0.05) is 12.5 Å². The van der Waals surface area contributed by atoms with Crippen LogP contribution in [-0.4, -0.2) is 36.5 Å². The second kappa shape index (κ2) is 5.32. The van der Waals surface area contributed by atoms with Gasteiger partial charge in [0.2, 0.25) is 5.91 Å². The van der Waals surface area contributed by atoms with Gasteiger partial charge < -0.3 is 9.64 Å². The molecule has 0 aromatic heterocycles. The van der Waals surface area contributed by atoms with Crippen LogP contribution in [0.4, 0.5) is 0 Å². The summed E-state index contributed by atoms with van der Waals surface area (Å²) in [4.78, 5) is 25.0. The number of carbonyl (C=O) groups is 2. The molecule has 1 rings (SSSR count). The van der Waals surface area contributed by atoms with E-state index in [4.69, 9.17) is 0 Å². The van der Waals surface area contributed by atoms with Crippen molar-refractivity contribution >= 4 is 11.9 Å². The molecule has 1 saturated heterocycles. The van der Waals surface area contributed by atoms with E-state index in [9.17, 15) is 9.59 Å². The van der Waals surface area contributed by atoms with Crippen LogP contribution in [0.3, 0.4) is 0 Å². The Hall–Kier alpha value is -1.06. The van der Waals surface area contributed by atoms with Crippen LogP contribution in [0.25, 0.3) is 0 Å². The standard InChI is InChI=1S/C12H21NO3/c1-8(2)7-10-5-6-13(11(10)14)9(3)12(15)16-4/h8-10H,5-7H2,1-4H3/t9-,10+/m0/s1. The molecule has 0 aromatic rings. The van der Waals surface area contributed by atoms with Crippen LogP contribution in [0.15, 0.2) is 0 Å². The first-order chi connectivity index (χ1) is 7.47. The van der Waals surface area contributed by atoms with Crippen molar-refractivity contribution in [2.75, 3.05) is 13.7 Å². The molecule has 0 aromatic carbocycles. The summed E-state index contributed by atoms with van der Waals surface area (Å²) in [5.41, 5.74) is 0. The lowest BCUT2D eigenvalue weighted by molar-refractivity contribution is -0.151. The summed E-state index contributed by atoms with van der Waals surface area (Å²) in [7, 11) is 1.35. The highest BCUT2D eigenvalue weighted by Crippen LogP contribution is 2.26. The Kier molecular flexibility index (Phi) is 4.33. The van der Waals surface area contributed by atoms with E-state index in [1.54, 1.807) is 11.8 Å². The normalized spacial score (nSPS) is 22.7. The first-order valence-electron chi connectivity index (χ1n) is 5.85. The number of likely N-dealkylation sites (tertiary alicyclic amines) is 1. The lowest BCUT2D eigenvalue weighted by atomic mass is 9.96. The highest BCUT2D eigenvalue weighted by molar-refractivity contribution is 5.87. The number of hydrogen-bond acceptors (Lipinski definition) is 3. The third kappa shape index (κ3) is 2.74. The number of nitrogens with zero attached hydrogens (tertiary/aromatic N) is 1. The predicted octanol–water partition coefficient (Wildman–Crippen LogP) is 1.44. The number of carbonyl (C=O) groups excluding carboxylic acids is 2. The maximum Gasteiger partial charge on any atom is 0.328 e. The van der Waals surface area contributed by atoms with Crippen LogP contribution < -0.4 is 0 Å². The fraction of sp³-hybridized carbons (Fsp3) is 0.833. The first-order valence-corrected chi connectivity index (χ1v) is 5.85. The Morgan fingerprint density at radius 3 is 2.62 bits per heavy atom. The van der Waals surface area contributed by atoms with E-state index in [0.29, 0.717) is 12.5 Å². The molecule has 4 heteroatoms. The average Bonchev–Trinajstić information content (AvgIpc) is 2.58. The van der Waals surface area contributed by atoms with Gasteiger partial charge in [0.25, 0.3) is 0 Å². The molecule has 4 nitrogen and oxygen atoms in total. The minimum atomic E-state index is -0.449. The van der Waals surface area contributed by atoms with Crippen molar-refractivity contribution in [1.29, 1.82) is 0 Å². The smallest absolute Gasteiger partial charge is 0.328 e. The van der Waals surface area contributed by atoms with Crippen LogP contribution >= 0.6 is 0 Å². The molecular formula is C12H21NO3. The fourth-order valence-corrected chi connectivity index (χ4v) is 2.23. The number of amides is 1. The Morgan fingerprint density at radius 2 is 2.12 bits per heavy atom. The van der Waals surface area contributed by atoms with E-state index in [2.05, 4.69) is 18.6 Å². The molecule has 0 N–H and O–H groups in total. The summed E-state index contributed by atoms with van der Waals surface area (Å²) in [6.45, 7) is 6.62. The Morgan fingerprint density at radius 1 is 1.50 bits per heavy atom. The molecule has 1 amide bonds. The summed E-state index contributed by atoms with van der Waals surface area (Å²) in [5.74, 6) is 0.375. The van der Waals surface area contributed by atoms with Crippen molar-refractivity contribution < 1.29 is 14.3 Å². The minimum absolute atomic E-state index is 0.0899. The zero-order valence-electron chi connectivity index (χ0n) is 10.5. The zero-order chi connectivity index (χ0) is 12.3. The first kappa shape index (κ1) is 13.0. The van der Waals surface area contributed by atoms with Gasteiger partial charge in [-0.3, -0.25) is 4.79 Å². The van der Waals surface area contributed by atoms with Crippen LogP contribution in [-0.2, 0) is 14.3 Å². The monoisotopic (exact) mass is 227 g/mol. The summed E-state index contributed by atoms with van der Waals surface area (Å²) in [6.07, 6.45) is 1.77. The van der Waals surface area contributed by atoms with Crippen LogP contribution in [0.5, 0.6) is 0 Å². The quantitative estimate of drug-likeness (QED) is 0.683. The zero-order valence-corrected chi connectivity index (χ0v) is 10.5. The van der Waals surface area contributed by atoms with Gasteiger partial charge in [0.15, 0.2) is 0 Å². The van der Waals surface area contributed by atoms with E-state index in [0.717, 1.165) is 12.8 Å². The topological polar surface area (TPSA) is 46.6 Å². The lowest BCUT2D eigenvalue weighted by Crippen LogP contribution is -2.41. The Balaban J connectivity index is 2.60. The number of rotatable bonds is 4. The Bertz CT molecular complexity index is 275. The maximum absolute atomic E-state index is 12.0. The van der Waals surface area contributed by atoms with Gasteiger partial charge in [-0.2, -0.15) is 0 Å². The average molecular weight is 227 g/mol. The molecule has 0 saturated carbocycles. The van der Waals surface area contributed by atoms with Crippen molar-refractivity contribution in [3.63, 3.8) is 0 Å². The molecule has 1 aliphatic heterocycles. The number of methoxy groups -OCH3 is 1. The highest BCUT2D eigenvalue weighted by atomic mass is 16.5. The molecule has 16 heavy (non-hydrogen) atoms. The predicted molar refractivity (Wildman–Crippen MR) is 60.8 cm³/mol. The second-order valence-corrected chi connectivity index (χ2v) is 4.85. The van der Waals surface area contributed by atoms with Gasteiger partial charge in [-0.1, -0.05) is 13.8 Å². The van der Waals surface area contributed by atoms with Crippen molar-refractivity contribution in [3.8, 4) is 0 Å². The molecule has 1 aliphatic rings. The molecule has 0 spiro atoms. The third-order valence-electron chi connectivity index (χ3n) is 3.12. The van der Waals surface area contributed by atoms with Crippen molar-refractivity contribution in [3.05, 3.63) is 0 Å². The minimum Gasteiger partial charge on any atom is -0.467 e. The molecule has 1 fully saturated rings. The highest BCUT2D eigenvalue weighted by Gasteiger charge is 2.37. The molecule has 0 unspecified atom stereocenters. The Labute approximate surface area is 96.9 Å². The van der Waals surface area contributed by atoms with Gasteiger partial charge >= 0.3 is 5.97 Å². The summed E-state index contributed by atoms with van der Waals surface area (Å²) in [6, 6.07) is -0.449. The van der Waals surface area contributed by atoms with E-state index >= 15 is 0 Å². The van der Waals surface area contributed by atoms with E-state index < -0.39 is 6.04 Å². The van der Waals surface area contributed by atoms with Crippen LogP contribution in [0.1, 0.15) is 33.6 Å². The largest absolute Gasteiger partial charge is 0.467 e. The van der Waals surface area contributed by atoms with Gasteiger partial charge in [-0.05, 0) is 25.7 Å². The van der Waals surface area contributed by atoms with Gasteiger partial charge in [-0.25, -0.2) is 4.79 Å². The summed E-state index contributed by atoms with van der Waals surface area (Å²) in [5, 5.41) is 0. The molecule has 2 atom stereocenters. The van der Waals surface area contributed by atoms with Crippen LogP contribution in [0.2, 0.25) is 0 Å². The molecule has 92 valence electrons. The lowest BCUT2D eigenvalue weighted by Gasteiger charge is -2.22. The summed E-state index contributed by atoms with van der Waals surface area (Å²) < 4.78 is 4.66. The fourth-order valence-electron chi connectivity index (χ4n) is 2.23. The SMILES string of the molecule is COC(=O)[C@H](C)N1CC[C@H](CC(C)C)C1=O. The van der Waals surface area contributed by atoms with Crippen molar-refractivity contribution in [2.24, 2.45) is 11.8 Å². The molecule has 0 aliphatic carbocycles. The van der Waals surface area contributed by atoms with Gasteiger partial charge in [0.05, 0.1) is 7.11 Å². The molecule has 0 bridgehead atoms. The molecular weight excluding hydrogens is 206 g/mol. The third-order valence-corrected chi connectivity index (χ3v) is 3.12. The summed E-state index contributed by atoms with van der Waals surface area (Å²) >= 11 is 0. The van der Waals surface area contributed by atoms with Crippen LogP contribution in [0, 0.1) is 11.8 Å². The van der Waals surface area contributed by atoms with Gasteiger partial charge in [0.1, 0.15) is 6.04 Å². The van der Waals surface area contributed by atoms with E-state index in [-0.39, 0.29) is 17.8 Å². The second-order valence-electron chi connectivity index (χ2n) is 4.85. The van der Waals surface area contributed by atoms with Gasteiger partial charge in [-0.15, -0.1) is 0 Å². The number of ether oxygens (including phenoxy) is 1. The number of esters is 1. The van der Waals surface area contributed by atoms with E-state index in [1.165, 1.54) is 7.11 Å². The van der Waals surface area contributed by atoms with E-state index in [1.807, 2.05) is 0 Å². The van der Waals surface area contributed by atoms with Crippen molar-refractivity contribution in [1.82, 2.24) is 4.90 Å².